The Balaban J connectivity index is 0.00000144. The second-order valence-electron chi connectivity index (χ2n) is 4.63. The molecule has 0 bridgehead atoms. The lowest BCUT2D eigenvalue weighted by Crippen LogP contribution is -2.47. The van der Waals surface area contributed by atoms with Crippen molar-refractivity contribution in [2.45, 2.75) is 25.7 Å². The summed E-state index contributed by atoms with van der Waals surface area (Å²) in [6.07, 6.45) is 4.29. The molecule has 7 heteroatoms. The molecule has 0 atom stereocenters. The van der Waals surface area contributed by atoms with E-state index in [1.165, 1.54) is 12.8 Å². The molecule has 102 valence electrons. The van der Waals surface area contributed by atoms with Gasteiger partial charge in [0.1, 0.15) is 0 Å². The Labute approximate surface area is 110 Å². The summed E-state index contributed by atoms with van der Waals surface area (Å²) in [6, 6.07) is 0. The molecule has 2 aliphatic heterocycles. The highest BCUT2D eigenvalue weighted by atomic mass is 35.5. The van der Waals surface area contributed by atoms with Gasteiger partial charge in [-0.1, -0.05) is 0 Å². The molecule has 0 amide bonds. The molecular weight excluding hydrogens is 262 g/mol. The average molecular weight is 284 g/mol. The SMILES string of the molecule is Cl.O=S1(=O)NCCCN1CCC1CCNCC1. The summed E-state index contributed by atoms with van der Waals surface area (Å²) in [7, 11) is -3.16. The summed E-state index contributed by atoms with van der Waals surface area (Å²) in [5.74, 6) is 0.693. The number of halogens is 1. The van der Waals surface area contributed by atoms with E-state index in [1.54, 1.807) is 4.31 Å². The fourth-order valence-corrected chi connectivity index (χ4v) is 3.70. The van der Waals surface area contributed by atoms with Crippen LogP contribution in [0.3, 0.4) is 0 Å². The topological polar surface area (TPSA) is 61.4 Å². The summed E-state index contributed by atoms with van der Waals surface area (Å²) in [4.78, 5) is 0. The maximum Gasteiger partial charge on any atom is 0.279 e. The molecule has 2 heterocycles. The first kappa shape index (κ1) is 15.2. The van der Waals surface area contributed by atoms with E-state index in [1.807, 2.05) is 0 Å². The van der Waals surface area contributed by atoms with Crippen molar-refractivity contribution in [2.24, 2.45) is 5.92 Å². The van der Waals surface area contributed by atoms with Crippen molar-refractivity contribution in [3.63, 3.8) is 0 Å². The van der Waals surface area contributed by atoms with Gasteiger partial charge in [0.2, 0.25) is 0 Å². The molecular formula is C10H22ClN3O2S. The smallest absolute Gasteiger partial charge is 0.279 e. The second kappa shape index (κ2) is 6.89. The first-order valence-corrected chi connectivity index (χ1v) is 7.58. The van der Waals surface area contributed by atoms with Gasteiger partial charge in [0, 0.05) is 19.6 Å². The third kappa shape index (κ3) is 4.37. The van der Waals surface area contributed by atoms with Gasteiger partial charge in [-0.05, 0) is 44.7 Å². The minimum absolute atomic E-state index is 0. The number of nitrogens with one attached hydrogen (secondary N) is 2. The predicted octanol–water partition coefficient (Wildman–Crippen LogP) is 0.338. The van der Waals surface area contributed by atoms with Crippen LogP contribution >= 0.6 is 12.4 Å². The van der Waals surface area contributed by atoms with E-state index in [2.05, 4.69) is 10.0 Å². The Morgan fingerprint density at radius 2 is 1.88 bits per heavy atom. The van der Waals surface area contributed by atoms with Crippen molar-refractivity contribution >= 4 is 22.6 Å². The largest absolute Gasteiger partial charge is 0.317 e. The summed E-state index contributed by atoms with van der Waals surface area (Å²) in [5, 5.41) is 3.32. The van der Waals surface area contributed by atoms with Crippen LogP contribution in [0.2, 0.25) is 0 Å². The fraction of sp³-hybridized carbons (Fsp3) is 1.00. The molecule has 0 aromatic heterocycles. The monoisotopic (exact) mass is 283 g/mol. The van der Waals surface area contributed by atoms with Gasteiger partial charge in [0.05, 0.1) is 0 Å². The molecule has 2 aliphatic rings. The van der Waals surface area contributed by atoms with Crippen LogP contribution in [0.15, 0.2) is 0 Å². The van der Waals surface area contributed by atoms with Crippen molar-refractivity contribution in [3.8, 4) is 0 Å². The molecule has 0 aromatic carbocycles. The van der Waals surface area contributed by atoms with Crippen molar-refractivity contribution < 1.29 is 8.42 Å². The molecule has 2 fully saturated rings. The zero-order valence-electron chi connectivity index (χ0n) is 10.0. The number of nitrogens with zero attached hydrogens (tertiary/aromatic N) is 1. The summed E-state index contributed by atoms with van der Waals surface area (Å²) in [6.45, 7) is 4.11. The first-order chi connectivity index (χ1) is 7.68. The van der Waals surface area contributed by atoms with Gasteiger partial charge in [0.15, 0.2) is 0 Å². The van der Waals surface area contributed by atoms with Crippen LogP contribution in [-0.2, 0) is 10.2 Å². The summed E-state index contributed by atoms with van der Waals surface area (Å²) in [5.41, 5.74) is 0. The van der Waals surface area contributed by atoms with Gasteiger partial charge in [-0.15, -0.1) is 12.4 Å². The number of hydrogen-bond acceptors (Lipinski definition) is 3. The van der Waals surface area contributed by atoms with Gasteiger partial charge in [-0.3, -0.25) is 0 Å². The van der Waals surface area contributed by atoms with E-state index in [0.717, 1.165) is 25.9 Å². The van der Waals surface area contributed by atoms with E-state index < -0.39 is 10.2 Å². The summed E-state index contributed by atoms with van der Waals surface area (Å²) >= 11 is 0. The van der Waals surface area contributed by atoms with Crippen molar-refractivity contribution in [2.75, 3.05) is 32.7 Å². The zero-order chi connectivity index (χ0) is 11.4. The molecule has 5 nitrogen and oxygen atoms in total. The van der Waals surface area contributed by atoms with E-state index in [-0.39, 0.29) is 12.4 Å². The van der Waals surface area contributed by atoms with Crippen LogP contribution in [0.1, 0.15) is 25.7 Å². The Hall–Kier alpha value is 0.120. The third-order valence-electron chi connectivity index (χ3n) is 3.45. The van der Waals surface area contributed by atoms with Crippen molar-refractivity contribution in [1.82, 2.24) is 14.3 Å². The molecule has 0 aromatic rings. The van der Waals surface area contributed by atoms with Gasteiger partial charge in [0.25, 0.3) is 10.2 Å². The highest BCUT2D eigenvalue weighted by Crippen LogP contribution is 2.17. The quantitative estimate of drug-likeness (QED) is 0.785. The second-order valence-corrected chi connectivity index (χ2v) is 6.39. The third-order valence-corrected chi connectivity index (χ3v) is 5.07. The van der Waals surface area contributed by atoms with E-state index >= 15 is 0 Å². The molecule has 2 saturated heterocycles. The zero-order valence-corrected chi connectivity index (χ0v) is 11.7. The predicted molar refractivity (Wildman–Crippen MR) is 70.6 cm³/mol. The van der Waals surface area contributed by atoms with Crippen LogP contribution in [-0.4, -0.2) is 45.4 Å². The lowest BCUT2D eigenvalue weighted by Gasteiger charge is -2.29. The van der Waals surface area contributed by atoms with Gasteiger partial charge >= 0.3 is 0 Å². The van der Waals surface area contributed by atoms with E-state index in [4.69, 9.17) is 0 Å². The van der Waals surface area contributed by atoms with Gasteiger partial charge < -0.3 is 5.32 Å². The lowest BCUT2D eigenvalue weighted by atomic mass is 9.95. The lowest BCUT2D eigenvalue weighted by molar-refractivity contribution is 0.300. The van der Waals surface area contributed by atoms with Gasteiger partial charge in [-0.2, -0.15) is 12.7 Å². The molecule has 2 N–H and O–H groups in total. The molecule has 17 heavy (non-hydrogen) atoms. The van der Waals surface area contributed by atoms with Gasteiger partial charge in [-0.25, -0.2) is 4.72 Å². The van der Waals surface area contributed by atoms with Crippen molar-refractivity contribution in [1.29, 1.82) is 0 Å². The number of hydrogen-bond donors (Lipinski definition) is 2. The normalized spacial score (nSPS) is 26.4. The Bertz CT molecular complexity index is 318. The molecule has 0 radical (unpaired) electrons. The maximum absolute atomic E-state index is 11.7. The number of piperidine rings is 1. The van der Waals surface area contributed by atoms with Crippen LogP contribution in [0.5, 0.6) is 0 Å². The Morgan fingerprint density at radius 1 is 1.18 bits per heavy atom. The molecule has 2 rings (SSSR count). The Kier molecular flexibility index (Phi) is 6.16. The molecule has 0 saturated carbocycles. The molecule has 0 spiro atoms. The highest BCUT2D eigenvalue weighted by molar-refractivity contribution is 7.87. The standard InChI is InChI=1S/C10H21N3O2S.ClH/c14-16(15)12-5-1-8-13(16)9-4-10-2-6-11-7-3-10;/h10-12H,1-9H2;1H. The minimum atomic E-state index is -3.16. The van der Waals surface area contributed by atoms with Crippen LogP contribution in [0.25, 0.3) is 0 Å². The fourth-order valence-electron chi connectivity index (χ4n) is 2.40. The minimum Gasteiger partial charge on any atom is -0.317 e. The number of rotatable bonds is 3. The average Bonchev–Trinajstić information content (AvgIpc) is 2.28. The maximum atomic E-state index is 11.7. The van der Waals surface area contributed by atoms with Crippen LogP contribution in [0.4, 0.5) is 0 Å². The van der Waals surface area contributed by atoms with Crippen LogP contribution < -0.4 is 10.0 Å². The van der Waals surface area contributed by atoms with Crippen molar-refractivity contribution in [3.05, 3.63) is 0 Å². The van der Waals surface area contributed by atoms with Crippen LogP contribution in [0, 0.1) is 5.92 Å². The highest BCUT2D eigenvalue weighted by Gasteiger charge is 2.25. The molecule has 0 unspecified atom stereocenters. The van der Waals surface area contributed by atoms with E-state index in [0.29, 0.717) is 25.6 Å². The van der Waals surface area contributed by atoms with E-state index in [9.17, 15) is 8.42 Å². The molecule has 0 aliphatic carbocycles. The Morgan fingerprint density at radius 3 is 2.53 bits per heavy atom. The summed E-state index contributed by atoms with van der Waals surface area (Å²) < 4.78 is 27.5. The first-order valence-electron chi connectivity index (χ1n) is 6.14.